The number of methoxy groups -OCH3 is 1. The largest absolute Gasteiger partial charge is 0.493 e. The zero-order valence-electron chi connectivity index (χ0n) is 15.1. The summed E-state index contributed by atoms with van der Waals surface area (Å²) in [4.78, 5) is 24.0. The van der Waals surface area contributed by atoms with Gasteiger partial charge in [-0.15, -0.1) is 6.58 Å². The van der Waals surface area contributed by atoms with Gasteiger partial charge in [0.2, 0.25) is 5.78 Å². The summed E-state index contributed by atoms with van der Waals surface area (Å²) in [6.07, 6.45) is 1.80. The molecule has 0 N–H and O–H groups in total. The lowest BCUT2D eigenvalue weighted by Crippen LogP contribution is -2.13. The van der Waals surface area contributed by atoms with Crippen LogP contribution in [-0.4, -0.2) is 29.9 Å². The SMILES string of the molecule is C=CCn1c(C)cc(C(=O)COc2ccc(C(C)=O)cc2OC)c1C. The van der Waals surface area contributed by atoms with Crippen molar-refractivity contribution in [2.75, 3.05) is 13.7 Å². The molecule has 1 heterocycles. The second-order valence-corrected chi connectivity index (χ2v) is 5.82. The maximum Gasteiger partial charge on any atom is 0.202 e. The van der Waals surface area contributed by atoms with Crippen LogP contribution in [-0.2, 0) is 6.54 Å². The molecular formula is C20H23NO4. The van der Waals surface area contributed by atoms with Crippen LogP contribution in [0.3, 0.4) is 0 Å². The number of allylic oxidation sites excluding steroid dienone is 1. The van der Waals surface area contributed by atoms with Crippen molar-refractivity contribution in [1.29, 1.82) is 0 Å². The van der Waals surface area contributed by atoms with Crippen LogP contribution in [0, 0.1) is 13.8 Å². The van der Waals surface area contributed by atoms with Crippen molar-refractivity contribution in [2.45, 2.75) is 27.3 Å². The molecule has 5 heteroatoms. The number of aryl methyl sites for hydroxylation is 1. The number of hydrogen-bond acceptors (Lipinski definition) is 4. The lowest BCUT2D eigenvalue weighted by atomic mass is 10.1. The lowest BCUT2D eigenvalue weighted by molar-refractivity contribution is 0.0917. The number of hydrogen-bond donors (Lipinski definition) is 0. The maximum atomic E-state index is 12.5. The first-order chi connectivity index (χ1) is 11.9. The quantitative estimate of drug-likeness (QED) is 0.542. The lowest BCUT2D eigenvalue weighted by Gasteiger charge is -2.11. The third-order valence-corrected chi connectivity index (χ3v) is 4.11. The van der Waals surface area contributed by atoms with Crippen LogP contribution < -0.4 is 9.47 Å². The minimum atomic E-state index is -0.110. The van der Waals surface area contributed by atoms with Gasteiger partial charge in [-0.25, -0.2) is 0 Å². The van der Waals surface area contributed by atoms with Gasteiger partial charge >= 0.3 is 0 Å². The molecule has 1 aromatic carbocycles. The van der Waals surface area contributed by atoms with Crippen molar-refractivity contribution in [3.63, 3.8) is 0 Å². The molecule has 0 spiro atoms. The van der Waals surface area contributed by atoms with E-state index in [-0.39, 0.29) is 18.2 Å². The van der Waals surface area contributed by atoms with Crippen molar-refractivity contribution in [3.05, 3.63) is 59.4 Å². The van der Waals surface area contributed by atoms with Gasteiger partial charge in [-0.1, -0.05) is 6.08 Å². The van der Waals surface area contributed by atoms with Crippen molar-refractivity contribution < 1.29 is 19.1 Å². The molecule has 0 aliphatic rings. The summed E-state index contributed by atoms with van der Waals surface area (Å²) >= 11 is 0. The Hall–Kier alpha value is -2.82. The second kappa shape index (κ2) is 7.83. The summed E-state index contributed by atoms with van der Waals surface area (Å²) in [6.45, 7) is 9.64. The minimum absolute atomic E-state index is 0.0596. The van der Waals surface area contributed by atoms with Gasteiger partial charge in [0.05, 0.1) is 7.11 Å². The third-order valence-electron chi connectivity index (χ3n) is 4.11. The summed E-state index contributed by atoms with van der Waals surface area (Å²) in [6, 6.07) is 6.77. The number of rotatable bonds is 8. The molecule has 0 unspecified atom stereocenters. The van der Waals surface area contributed by atoms with Gasteiger partial charge in [0.25, 0.3) is 0 Å². The fourth-order valence-corrected chi connectivity index (χ4v) is 2.72. The van der Waals surface area contributed by atoms with E-state index in [2.05, 4.69) is 6.58 Å². The number of aromatic nitrogens is 1. The topological polar surface area (TPSA) is 57.5 Å². The fraction of sp³-hybridized carbons (Fsp3) is 0.300. The zero-order valence-corrected chi connectivity index (χ0v) is 15.1. The highest BCUT2D eigenvalue weighted by Crippen LogP contribution is 2.28. The molecule has 25 heavy (non-hydrogen) atoms. The molecule has 5 nitrogen and oxygen atoms in total. The predicted octanol–water partition coefficient (Wildman–Crippen LogP) is 3.76. The van der Waals surface area contributed by atoms with E-state index in [1.54, 1.807) is 24.3 Å². The molecule has 0 radical (unpaired) electrons. The molecule has 1 aromatic heterocycles. The van der Waals surface area contributed by atoms with Crippen LogP contribution in [0.5, 0.6) is 11.5 Å². The highest BCUT2D eigenvalue weighted by molar-refractivity contribution is 5.98. The van der Waals surface area contributed by atoms with Crippen LogP contribution in [0.15, 0.2) is 36.9 Å². The second-order valence-electron chi connectivity index (χ2n) is 5.82. The third kappa shape index (κ3) is 3.99. The number of ether oxygens (including phenoxy) is 2. The Kier molecular flexibility index (Phi) is 5.80. The average molecular weight is 341 g/mol. The number of nitrogens with zero attached hydrogens (tertiary/aromatic N) is 1. The van der Waals surface area contributed by atoms with E-state index in [1.807, 2.05) is 24.5 Å². The van der Waals surface area contributed by atoms with Crippen molar-refractivity contribution in [2.24, 2.45) is 0 Å². The Morgan fingerprint density at radius 3 is 2.52 bits per heavy atom. The Bertz CT molecular complexity index is 817. The van der Waals surface area contributed by atoms with Crippen molar-refractivity contribution in [1.82, 2.24) is 4.57 Å². The van der Waals surface area contributed by atoms with E-state index in [4.69, 9.17) is 9.47 Å². The summed E-state index contributed by atoms with van der Waals surface area (Å²) < 4.78 is 12.9. The highest BCUT2D eigenvalue weighted by atomic mass is 16.5. The van der Waals surface area contributed by atoms with E-state index < -0.39 is 0 Å². The molecule has 0 atom stereocenters. The fourth-order valence-electron chi connectivity index (χ4n) is 2.72. The van der Waals surface area contributed by atoms with Crippen molar-refractivity contribution >= 4 is 11.6 Å². The van der Waals surface area contributed by atoms with Crippen LogP contribution >= 0.6 is 0 Å². The molecule has 0 bridgehead atoms. The first-order valence-electron chi connectivity index (χ1n) is 8.01. The predicted molar refractivity (Wildman–Crippen MR) is 96.9 cm³/mol. The Balaban J connectivity index is 2.16. The number of ketones is 2. The minimum Gasteiger partial charge on any atom is -0.493 e. The molecule has 0 aliphatic heterocycles. The van der Waals surface area contributed by atoms with Gasteiger partial charge in [-0.3, -0.25) is 9.59 Å². The van der Waals surface area contributed by atoms with Crippen LogP contribution in [0.2, 0.25) is 0 Å². The first-order valence-corrected chi connectivity index (χ1v) is 8.01. The number of carbonyl (C=O) groups excluding carboxylic acids is 2. The molecule has 132 valence electrons. The maximum absolute atomic E-state index is 12.5. The van der Waals surface area contributed by atoms with Crippen molar-refractivity contribution in [3.8, 4) is 11.5 Å². The molecule has 0 fully saturated rings. The van der Waals surface area contributed by atoms with Gasteiger partial charge in [0.15, 0.2) is 23.9 Å². The first kappa shape index (κ1) is 18.5. The van der Waals surface area contributed by atoms with E-state index in [0.29, 0.717) is 29.2 Å². The Morgan fingerprint density at radius 2 is 1.92 bits per heavy atom. The average Bonchev–Trinajstić information content (AvgIpc) is 2.88. The Labute approximate surface area is 147 Å². The van der Waals surface area contributed by atoms with Crippen LogP contribution in [0.25, 0.3) is 0 Å². The summed E-state index contributed by atoms with van der Waals surface area (Å²) in [5.41, 5.74) is 3.07. The van der Waals surface area contributed by atoms with E-state index in [0.717, 1.165) is 11.4 Å². The van der Waals surface area contributed by atoms with Crippen LogP contribution in [0.1, 0.15) is 39.0 Å². The van der Waals surface area contributed by atoms with Crippen LogP contribution in [0.4, 0.5) is 0 Å². The molecule has 2 rings (SSSR count). The normalized spacial score (nSPS) is 10.4. The van der Waals surface area contributed by atoms with Gasteiger partial charge < -0.3 is 14.0 Å². The monoisotopic (exact) mass is 341 g/mol. The molecule has 0 saturated carbocycles. The summed E-state index contributed by atoms with van der Waals surface area (Å²) in [5.74, 6) is 0.690. The number of carbonyl (C=O) groups is 2. The summed E-state index contributed by atoms with van der Waals surface area (Å²) in [5, 5.41) is 0. The van der Waals surface area contributed by atoms with E-state index >= 15 is 0 Å². The molecule has 0 amide bonds. The summed E-state index contributed by atoms with van der Waals surface area (Å²) in [7, 11) is 1.50. The molecule has 0 aliphatic carbocycles. The van der Waals surface area contributed by atoms with E-state index in [1.165, 1.54) is 14.0 Å². The van der Waals surface area contributed by atoms with Gasteiger partial charge in [0, 0.05) is 29.1 Å². The number of benzene rings is 1. The van der Waals surface area contributed by atoms with Gasteiger partial charge in [-0.05, 0) is 45.0 Å². The Morgan fingerprint density at radius 1 is 1.20 bits per heavy atom. The van der Waals surface area contributed by atoms with Gasteiger partial charge in [-0.2, -0.15) is 0 Å². The molecule has 2 aromatic rings. The standard InChI is InChI=1S/C20H23NO4/c1-6-9-21-13(2)10-17(14(21)3)18(23)12-25-19-8-7-16(15(4)22)11-20(19)24-5/h6-8,10-11H,1,9,12H2,2-5H3. The zero-order chi connectivity index (χ0) is 18.6. The smallest absolute Gasteiger partial charge is 0.202 e. The highest BCUT2D eigenvalue weighted by Gasteiger charge is 2.17. The van der Waals surface area contributed by atoms with E-state index in [9.17, 15) is 9.59 Å². The molecule has 0 saturated heterocycles. The molecular weight excluding hydrogens is 318 g/mol. The number of Topliss-reactive ketones (excluding diaryl/α,β-unsaturated/α-hetero) is 2. The van der Waals surface area contributed by atoms with Gasteiger partial charge in [0.1, 0.15) is 0 Å².